The quantitative estimate of drug-likeness (QED) is 0.928. The van der Waals surface area contributed by atoms with Crippen molar-refractivity contribution in [1.29, 1.82) is 0 Å². The van der Waals surface area contributed by atoms with Crippen LogP contribution in [0.1, 0.15) is 30.0 Å². The summed E-state index contributed by atoms with van der Waals surface area (Å²) in [6, 6.07) is 0.00785. The largest absolute Gasteiger partial charge is 0.338 e. The van der Waals surface area contributed by atoms with Crippen molar-refractivity contribution in [2.24, 2.45) is 0 Å². The average Bonchev–Trinajstić information content (AvgIpc) is 2.75. The minimum absolute atomic E-state index is 0. The molecule has 0 aromatic carbocycles. The van der Waals surface area contributed by atoms with Crippen LogP contribution in [0.3, 0.4) is 0 Å². The maximum atomic E-state index is 12.1. The molecule has 1 N–H and O–H groups in total. The van der Waals surface area contributed by atoms with Gasteiger partial charge in [-0.15, -0.1) is 36.2 Å². The normalized spacial score (nSPS) is 18.1. The van der Waals surface area contributed by atoms with Crippen LogP contribution in [0.2, 0.25) is 0 Å². The molecule has 0 radical (unpaired) electrons. The molecule has 1 amide bonds. The Balaban J connectivity index is 0.00000162. The van der Waals surface area contributed by atoms with Gasteiger partial charge < -0.3 is 10.2 Å². The molecule has 0 saturated carbocycles. The van der Waals surface area contributed by atoms with Crippen molar-refractivity contribution in [3.05, 3.63) is 16.1 Å². The number of carbonyl (C=O) groups is 1. The van der Waals surface area contributed by atoms with Crippen molar-refractivity contribution in [1.82, 2.24) is 15.2 Å². The smallest absolute Gasteiger partial charge is 0.239 e. The fraction of sp³-hybridized carbons (Fsp3) is 0.667. The lowest BCUT2D eigenvalue weighted by Gasteiger charge is -2.27. The summed E-state index contributed by atoms with van der Waals surface area (Å²) in [5, 5.41) is 6.36. The Hall–Kier alpha value is -0.360. The second-order valence-corrected chi connectivity index (χ2v) is 5.62. The van der Waals surface area contributed by atoms with Crippen LogP contribution in [0, 0.1) is 6.92 Å². The molecule has 0 spiro atoms. The summed E-state index contributed by atoms with van der Waals surface area (Å²) in [6.07, 6.45) is 3.28. The highest BCUT2D eigenvalue weighted by molar-refractivity contribution is 7.09. The molecule has 110 valence electrons. The summed E-state index contributed by atoms with van der Waals surface area (Å²) in [5.74, 6) is 0.190. The Labute approximate surface area is 130 Å². The number of hydrogen-bond acceptors (Lipinski definition) is 4. The summed E-state index contributed by atoms with van der Waals surface area (Å²) >= 11 is 1.63. The van der Waals surface area contributed by atoms with E-state index in [0.29, 0.717) is 6.54 Å². The minimum Gasteiger partial charge on any atom is -0.338 e. The first-order valence-electron chi connectivity index (χ1n) is 6.06. The van der Waals surface area contributed by atoms with Gasteiger partial charge in [-0.1, -0.05) is 6.42 Å². The van der Waals surface area contributed by atoms with Gasteiger partial charge in [0.05, 0.1) is 23.3 Å². The van der Waals surface area contributed by atoms with E-state index in [0.717, 1.165) is 30.1 Å². The number of halogens is 2. The second-order valence-electron chi connectivity index (χ2n) is 4.55. The van der Waals surface area contributed by atoms with E-state index < -0.39 is 0 Å². The van der Waals surface area contributed by atoms with Crippen LogP contribution in [0.15, 0.2) is 5.38 Å². The maximum Gasteiger partial charge on any atom is 0.239 e. The Bertz CT molecular complexity index is 394. The molecule has 2 heterocycles. The highest BCUT2D eigenvalue weighted by atomic mass is 35.5. The molecule has 0 bridgehead atoms. The molecule has 1 aliphatic heterocycles. The summed E-state index contributed by atoms with van der Waals surface area (Å²) < 4.78 is 0. The van der Waals surface area contributed by atoms with E-state index in [1.54, 1.807) is 16.2 Å². The average molecular weight is 326 g/mol. The van der Waals surface area contributed by atoms with E-state index in [1.165, 1.54) is 6.42 Å². The second kappa shape index (κ2) is 8.74. The molecule has 1 atom stereocenters. The van der Waals surface area contributed by atoms with Crippen LogP contribution in [-0.4, -0.2) is 35.4 Å². The fourth-order valence-electron chi connectivity index (χ4n) is 2.13. The van der Waals surface area contributed by atoms with Gasteiger partial charge in [0, 0.05) is 12.4 Å². The van der Waals surface area contributed by atoms with Gasteiger partial charge in [0.1, 0.15) is 0 Å². The number of rotatable bonds is 3. The number of nitrogens with one attached hydrogen (secondary N) is 1. The van der Waals surface area contributed by atoms with Crippen molar-refractivity contribution < 1.29 is 4.79 Å². The molecule has 1 saturated heterocycles. The Morgan fingerprint density at radius 2 is 2.26 bits per heavy atom. The molecular formula is C12H21Cl2N3OS. The van der Waals surface area contributed by atoms with Gasteiger partial charge >= 0.3 is 0 Å². The van der Waals surface area contributed by atoms with Gasteiger partial charge in [-0.05, 0) is 26.3 Å². The van der Waals surface area contributed by atoms with E-state index in [9.17, 15) is 4.79 Å². The molecule has 19 heavy (non-hydrogen) atoms. The number of likely N-dealkylation sites (N-methyl/N-ethyl adjacent to an activating group) is 1. The molecular weight excluding hydrogens is 305 g/mol. The molecule has 4 nitrogen and oxygen atoms in total. The minimum atomic E-state index is 0. The molecule has 1 aliphatic rings. The number of aromatic nitrogens is 1. The third kappa shape index (κ3) is 5.26. The summed E-state index contributed by atoms with van der Waals surface area (Å²) in [7, 11) is 1.85. The molecule has 2 rings (SSSR count). The van der Waals surface area contributed by atoms with E-state index in [1.807, 2.05) is 19.4 Å². The van der Waals surface area contributed by atoms with E-state index in [2.05, 4.69) is 10.3 Å². The molecule has 0 aliphatic carbocycles. The predicted octanol–water partition coefficient (Wildman–Crippen LogP) is 2.40. The molecule has 0 unspecified atom stereocenters. The van der Waals surface area contributed by atoms with Crippen LogP contribution in [0.5, 0.6) is 0 Å². The monoisotopic (exact) mass is 325 g/mol. The number of amides is 1. The molecule has 1 aromatic rings. The Morgan fingerprint density at radius 1 is 1.53 bits per heavy atom. The number of aryl methyl sites for hydroxylation is 1. The van der Waals surface area contributed by atoms with Crippen molar-refractivity contribution >= 4 is 42.1 Å². The van der Waals surface area contributed by atoms with Crippen molar-refractivity contribution in [2.45, 2.75) is 38.8 Å². The third-order valence-electron chi connectivity index (χ3n) is 3.05. The first kappa shape index (κ1) is 18.6. The standard InChI is InChI=1S/C12H19N3OS.2ClH/c1-9-14-10(8-17-9)7-15(2)12(16)11-5-3-4-6-13-11;;/h8,11,13H,3-7H2,1-2H3;2*1H/t11-;;/m0../s1. The van der Waals surface area contributed by atoms with Gasteiger partial charge in [0.2, 0.25) is 5.91 Å². The summed E-state index contributed by atoms with van der Waals surface area (Å²) in [6.45, 7) is 3.56. The predicted molar refractivity (Wildman–Crippen MR) is 83.5 cm³/mol. The van der Waals surface area contributed by atoms with Crippen LogP contribution in [-0.2, 0) is 11.3 Å². The zero-order valence-electron chi connectivity index (χ0n) is 11.2. The van der Waals surface area contributed by atoms with Crippen LogP contribution >= 0.6 is 36.2 Å². The van der Waals surface area contributed by atoms with Crippen LogP contribution in [0.4, 0.5) is 0 Å². The SMILES string of the molecule is Cc1nc(CN(C)C(=O)[C@@H]2CCCCN2)cs1.Cl.Cl. The lowest BCUT2D eigenvalue weighted by atomic mass is 10.0. The fourth-order valence-corrected chi connectivity index (χ4v) is 2.73. The topological polar surface area (TPSA) is 45.2 Å². The third-order valence-corrected chi connectivity index (χ3v) is 3.87. The highest BCUT2D eigenvalue weighted by Crippen LogP contribution is 2.13. The van der Waals surface area contributed by atoms with Crippen molar-refractivity contribution in [3.8, 4) is 0 Å². The maximum absolute atomic E-state index is 12.1. The Kier molecular flexibility index (Phi) is 8.57. The van der Waals surface area contributed by atoms with Crippen LogP contribution in [0.25, 0.3) is 0 Å². The summed E-state index contributed by atoms with van der Waals surface area (Å²) in [4.78, 5) is 18.3. The lowest BCUT2D eigenvalue weighted by Crippen LogP contribution is -2.47. The first-order valence-corrected chi connectivity index (χ1v) is 6.94. The number of carbonyl (C=O) groups excluding carboxylic acids is 1. The van der Waals surface area contributed by atoms with Gasteiger partial charge in [-0.2, -0.15) is 0 Å². The van der Waals surface area contributed by atoms with Crippen LogP contribution < -0.4 is 5.32 Å². The van der Waals surface area contributed by atoms with Gasteiger partial charge in [0.25, 0.3) is 0 Å². The number of hydrogen-bond donors (Lipinski definition) is 1. The summed E-state index contributed by atoms with van der Waals surface area (Å²) in [5.41, 5.74) is 0.985. The van der Waals surface area contributed by atoms with E-state index >= 15 is 0 Å². The zero-order chi connectivity index (χ0) is 12.3. The highest BCUT2D eigenvalue weighted by Gasteiger charge is 2.23. The molecule has 1 fully saturated rings. The van der Waals surface area contributed by atoms with Gasteiger partial charge in [-0.3, -0.25) is 4.79 Å². The number of nitrogens with zero attached hydrogens (tertiary/aromatic N) is 2. The molecule has 1 aromatic heterocycles. The van der Waals surface area contributed by atoms with E-state index in [-0.39, 0.29) is 36.8 Å². The Morgan fingerprint density at radius 3 is 2.79 bits per heavy atom. The molecule has 7 heteroatoms. The number of thiazole rings is 1. The van der Waals surface area contributed by atoms with Crippen molar-refractivity contribution in [2.75, 3.05) is 13.6 Å². The first-order chi connectivity index (χ1) is 8.16. The van der Waals surface area contributed by atoms with Crippen molar-refractivity contribution in [3.63, 3.8) is 0 Å². The number of piperidine rings is 1. The van der Waals surface area contributed by atoms with Gasteiger partial charge in [0.15, 0.2) is 0 Å². The van der Waals surface area contributed by atoms with E-state index in [4.69, 9.17) is 0 Å². The van der Waals surface area contributed by atoms with Gasteiger partial charge in [-0.25, -0.2) is 4.98 Å². The zero-order valence-corrected chi connectivity index (χ0v) is 13.7. The lowest BCUT2D eigenvalue weighted by molar-refractivity contribution is -0.133.